The highest BCUT2D eigenvalue weighted by molar-refractivity contribution is 5.72. The van der Waals surface area contributed by atoms with Crippen LogP contribution in [0.5, 0.6) is 5.88 Å². The second-order valence-corrected chi connectivity index (χ2v) is 6.26. The van der Waals surface area contributed by atoms with Crippen LogP contribution in [0.25, 0.3) is 11.3 Å². The third-order valence-electron chi connectivity index (χ3n) is 3.98. The van der Waals surface area contributed by atoms with Gasteiger partial charge in [-0.15, -0.1) is 10.2 Å². The lowest BCUT2D eigenvalue weighted by molar-refractivity contribution is 0.122. The average molecular weight is 328 g/mol. The number of ether oxygens (including phenoxy) is 2. The molecule has 0 spiro atoms. The maximum atomic E-state index is 5.94. The van der Waals surface area contributed by atoms with Crippen molar-refractivity contribution >= 4 is 11.4 Å². The molecule has 0 amide bonds. The molecule has 1 fully saturated rings. The van der Waals surface area contributed by atoms with E-state index in [0.29, 0.717) is 24.8 Å². The number of nitrogen functional groups attached to an aromatic ring is 1. The first-order chi connectivity index (χ1) is 11.5. The third kappa shape index (κ3) is 3.59. The molecule has 1 saturated heterocycles. The van der Waals surface area contributed by atoms with Gasteiger partial charge < -0.3 is 20.1 Å². The first-order valence-corrected chi connectivity index (χ1v) is 8.28. The van der Waals surface area contributed by atoms with E-state index in [0.717, 1.165) is 35.6 Å². The molecule has 1 aliphatic rings. The molecule has 0 atom stereocenters. The molecule has 3 rings (SSSR count). The van der Waals surface area contributed by atoms with Crippen molar-refractivity contribution in [3.63, 3.8) is 0 Å². The highest BCUT2D eigenvalue weighted by Gasteiger charge is 2.20. The second-order valence-electron chi connectivity index (χ2n) is 6.26. The Morgan fingerprint density at radius 1 is 1.17 bits per heavy atom. The minimum atomic E-state index is 0.0408. The van der Waals surface area contributed by atoms with Crippen LogP contribution in [-0.2, 0) is 4.74 Å². The van der Waals surface area contributed by atoms with Gasteiger partial charge in [-0.25, -0.2) is 0 Å². The largest absolute Gasteiger partial charge is 0.472 e. The molecule has 0 unspecified atom stereocenters. The highest BCUT2D eigenvalue weighted by atomic mass is 16.5. The standard InChI is InChI=1S/C18H24N4O2/c1-12(2)24-18-17(22-6-8-23-9-7-22)11-16(20-21-18)15-10-14(19)5-4-13(15)3/h4-5,10-12H,6-9,19H2,1-3H3. The van der Waals surface area contributed by atoms with Gasteiger partial charge in [-0.3, -0.25) is 0 Å². The molecule has 1 aromatic carbocycles. The van der Waals surface area contributed by atoms with Gasteiger partial charge >= 0.3 is 0 Å². The van der Waals surface area contributed by atoms with E-state index in [9.17, 15) is 0 Å². The summed E-state index contributed by atoms with van der Waals surface area (Å²) in [7, 11) is 0. The van der Waals surface area contributed by atoms with Gasteiger partial charge in [-0.2, -0.15) is 0 Å². The lowest BCUT2D eigenvalue weighted by atomic mass is 10.0. The predicted molar refractivity (Wildman–Crippen MR) is 95.4 cm³/mol. The second kappa shape index (κ2) is 7.05. The van der Waals surface area contributed by atoms with Crippen molar-refractivity contribution in [2.24, 2.45) is 0 Å². The summed E-state index contributed by atoms with van der Waals surface area (Å²) >= 11 is 0. The topological polar surface area (TPSA) is 73.5 Å². The summed E-state index contributed by atoms with van der Waals surface area (Å²) in [6, 6.07) is 7.87. The number of rotatable bonds is 4. The van der Waals surface area contributed by atoms with Gasteiger partial charge in [0.05, 0.1) is 25.0 Å². The van der Waals surface area contributed by atoms with Gasteiger partial charge in [0.25, 0.3) is 5.88 Å². The van der Waals surface area contributed by atoms with Crippen molar-refractivity contribution in [2.75, 3.05) is 36.9 Å². The fraction of sp³-hybridized carbons (Fsp3) is 0.444. The molecule has 0 saturated carbocycles. The summed E-state index contributed by atoms with van der Waals surface area (Å²) in [5.41, 5.74) is 10.5. The minimum Gasteiger partial charge on any atom is -0.472 e. The van der Waals surface area contributed by atoms with E-state index in [1.807, 2.05) is 45.0 Å². The van der Waals surface area contributed by atoms with E-state index in [-0.39, 0.29) is 6.10 Å². The molecule has 2 heterocycles. The first-order valence-electron chi connectivity index (χ1n) is 8.28. The SMILES string of the molecule is Cc1ccc(N)cc1-c1cc(N2CCOCC2)c(OC(C)C)nn1. The van der Waals surface area contributed by atoms with Gasteiger partial charge in [0, 0.05) is 24.3 Å². The molecule has 0 aliphatic carbocycles. The first kappa shape index (κ1) is 16.5. The van der Waals surface area contributed by atoms with Gasteiger partial charge in [0.1, 0.15) is 5.69 Å². The summed E-state index contributed by atoms with van der Waals surface area (Å²) in [4.78, 5) is 2.24. The minimum absolute atomic E-state index is 0.0408. The smallest absolute Gasteiger partial charge is 0.257 e. The van der Waals surface area contributed by atoms with Crippen molar-refractivity contribution in [3.8, 4) is 17.1 Å². The molecule has 24 heavy (non-hydrogen) atoms. The molecule has 6 heteroatoms. The fourth-order valence-corrected chi connectivity index (χ4v) is 2.76. The Balaban J connectivity index is 2.04. The molecule has 6 nitrogen and oxygen atoms in total. The van der Waals surface area contributed by atoms with E-state index < -0.39 is 0 Å². The molecular weight excluding hydrogens is 304 g/mol. The number of hydrogen-bond donors (Lipinski definition) is 1. The van der Waals surface area contributed by atoms with Gasteiger partial charge in [0.2, 0.25) is 0 Å². The van der Waals surface area contributed by atoms with Crippen LogP contribution in [0.4, 0.5) is 11.4 Å². The Kier molecular flexibility index (Phi) is 4.85. The Hall–Kier alpha value is -2.34. The van der Waals surface area contributed by atoms with Crippen molar-refractivity contribution < 1.29 is 9.47 Å². The van der Waals surface area contributed by atoms with Gasteiger partial charge in [-0.1, -0.05) is 6.07 Å². The fourth-order valence-electron chi connectivity index (χ4n) is 2.76. The van der Waals surface area contributed by atoms with Crippen LogP contribution in [0, 0.1) is 6.92 Å². The number of benzene rings is 1. The summed E-state index contributed by atoms with van der Waals surface area (Å²) < 4.78 is 11.3. The van der Waals surface area contributed by atoms with Crippen LogP contribution in [0.3, 0.4) is 0 Å². The molecule has 2 aromatic rings. The number of aryl methyl sites for hydroxylation is 1. The van der Waals surface area contributed by atoms with Crippen LogP contribution in [0.1, 0.15) is 19.4 Å². The lowest BCUT2D eigenvalue weighted by Gasteiger charge is -2.30. The molecule has 2 N–H and O–H groups in total. The Bertz CT molecular complexity index is 712. The third-order valence-corrected chi connectivity index (χ3v) is 3.98. The van der Waals surface area contributed by atoms with Crippen molar-refractivity contribution in [1.82, 2.24) is 10.2 Å². The maximum absolute atomic E-state index is 5.94. The van der Waals surface area contributed by atoms with Crippen LogP contribution in [-0.4, -0.2) is 42.6 Å². The van der Waals surface area contributed by atoms with E-state index in [4.69, 9.17) is 15.2 Å². The monoisotopic (exact) mass is 328 g/mol. The molecule has 1 aliphatic heterocycles. The van der Waals surface area contributed by atoms with E-state index in [1.165, 1.54) is 0 Å². The molecule has 1 aromatic heterocycles. The molecular formula is C18H24N4O2. The Labute approximate surface area is 142 Å². The summed E-state index contributed by atoms with van der Waals surface area (Å²) in [6.07, 6.45) is 0.0408. The number of nitrogens with two attached hydrogens (primary N) is 1. The molecule has 0 bridgehead atoms. The number of nitrogens with zero attached hydrogens (tertiary/aromatic N) is 3. The molecule has 0 radical (unpaired) electrons. The molecule has 128 valence electrons. The number of morpholine rings is 1. The van der Waals surface area contributed by atoms with Crippen molar-refractivity contribution in [3.05, 3.63) is 29.8 Å². The van der Waals surface area contributed by atoms with Crippen LogP contribution < -0.4 is 15.4 Å². The van der Waals surface area contributed by atoms with Gasteiger partial charge in [-0.05, 0) is 44.5 Å². The number of aromatic nitrogens is 2. The lowest BCUT2D eigenvalue weighted by Crippen LogP contribution is -2.36. The quantitative estimate of drug-likeness (QED) is 0.870. The maximum Gasteiger partial charge on any atom is 0.257 e. The number of hydrogen-bond acceptors (Lipinski definition) is 6. The average Bonchev–Trinajstić information content (AvgIpc) is 2.58. The Morgan fingerprint density at radius 3 is 2.62 bits per heavy atom. The summed E-state index contributed by atoms with van der Waals surface area (Å²) in [5.74, 6) is 0.567. The van der Waals surface area contributed by atoms with E-state index in [2.05, 4.69) is 15.1 Å². The summed E-state index contributed by atoms with van der Waals surface area (Å²) in [6.45, 7) is 9.06. The highest BCUT2D eigenvalue weighted by Crippen LogP contribution is 2.32. The summed E-state index contributed by atoms with van der Waals surface area (Å²) in [5, 5.41) is 8.72. The zero-order valence-corrected chi connectivity index (χ0v) is 14.5. The van der Waals surface area contributed by atoms with E-state index in [1.54, 1.807) is 0 Å². The zero-order valence-electron chi connectivity index (χ0n) is 14.5. The van der Waals surface area contributed by atoms with Crippen molar-refractivity contribution in [1.29, 1.82) is 0 Å². The Morgan fingerprint density at radius 2 is 1.92 bits per heavy atom. The van der Waals surface area contributed by atoms with Gasteiger partial charge in [0.15, 0.2) is 0 Å². The normalized spacial score (nSPS) is 14.9. The van der Waals surface area contributed by atoms with Crippen LogP contribution >= 0.6 is 0 Å². The number of anilines is 2. The van der Waals surface area contributed by atoms with Crippen molar-refractivity contribution in [2.45, 2.75) is 26.9 Å². The van der Waals surface area contributed by atoms with Crippen LogP contribution in [0.15, 0.2) is 24.3 Å². The zero-order chi connectivity index (χ0) is 17.1. The van der Waals surface area contributed by atoms with Crippen LogP contribution in [0.2, 0.25) is 0 Å². The predicted octanol–water partition coefficient (Wildman–Crippen LogP) is 2.66. The van der Waals surface area contributed by atoms with E-state index >= 15 is 0 Å².